The molecule has 4 heteroatoms. The summed E-state index contributed by atoms with van der Waals surface area (Å²) < 4.78 is 5.59. The summed E-state index contributed by atoms with van der Waals surface area (Å²) in [5.74, 6) is 0.582. The molecule has 0 aliphatic heterocycles. The number of nitrogens with zero attached hydrogens (tertiary/aromatic N) is 1. The maximum Gasteiger partial charge on any atom is 0.262 e. The summed E-state index contributed by atoms with van der Waals surface area (Å²) in [5, 5.41) is 2.92. The maximum absolute atomic E-state index is 12.1. The molecule has 1 amide bonds. The molecule has 0 aromatic heterocycles. The molecule has 0 atom stereocenters. The number of benzene rings is 2. The Morgan fingerprint density at radius 1 is 1.04 bits per heavy atom. The molecule has 128 valence electrons. The van der Waals surface area contributed by atoms with E-state index < -0.39 is 0 Å². The van der Waals surface area contributed by atoms with Gasteiger partial charge >= 0.3 is 0 Å². The first-order valence-corrected chi connectivity index (χ1v) is 8.39. The smallest absolute Gasteiger partial charge is 0.262 e. The van der Waals surface area contributed by atoms with Crippen LogP contribution in [0, 0.1) is 13.8 Å². The zero-order valence-electron chi connectivity index (χ0n) is 14.9. The molecule has 0 unspecified atom stereocenters. The number of para-hydroxylation sites is 1. The van der Waals surface area contributed by atoms with Crippen LogP contribution in [0.2, 0.25) is 0 Å². The standard InChI is InChI=1S/C20H26N2O2/c1-5-22(6-2)17-11-12-18(16(4)13-17)21-20(23)14-24-19-10-8-7-9-15(19)3/h7-13H,5-6,14H2,1-4H3,(H,21,23). The lowest BCUT2D eigenvalue weighted by Crippen LogP contribution is -2.23. The number of ether oxygens (including phenoxy) is 1. The molecule has 2 aromatic carbocycles. The second-order valence-corrected chi connectivity index (χ2v) is 5.77. The molecule has 2 rings (SSSR count). The van der Waals surface area contributed by atoms with E-state index in [1.165, 1.54) is 5.69 Å². The lowest BCUT2D eigenvalue weighted by Gasteiger charge is -2.22. The Balaban J connectivity index is 1.98. The van der Waals surface area contributed by atoms with E-state index in [0.29, 0.717) is 0 Å². The molecular formula is C20H26N2O2. The molecule has 0 radical (unpaired) electrons. The number of hydrogen-bond acceptors (Lipinski definition) is 3. The monoisotopic (exact) mass is 326 g/mol. The minimum absolute atomic E-state index is 0.00207. The van der Waals surface area contributed by atoms with Gasteiger partial charge in [-0.3, -0.25) is 4.79 Å². The molecule has 0 fully saturated rings. The summed E-state index contributed by atoms with van der Waals surface area (Å²) in [7, 11) is 0. The molecule has 1 N–H and O–H groups in total. The van der Waals surface area contributed by atoms with E-state index in [4.69, 9.17) is 4.74 Å². The molecule has 0 saturated carbocycles. The summed E-state index contributed by atoms with van der Waals surface area (Å²) in [5.41, 5.74) is 4.06. The summed E-state index contributed by atoms with van der Waals surface area (Å²) in [6.07, 6.45) is 0. The lowest BCUT2D eigenvalue weighted by molar-refractivity contribution is -0.118. The van der Waals surface area contributed by atoms with Gasteiger partial charge in [-0.1, -0.05) is 18.2 Å². The first kappa shape index (κ1) is 17.9. The Labute approximate surface area is 144 Å². The van der Waals surface area contributed by atoms with E-state index >= 15 is 0 Å². The Bertz CT molecular complexity index is 694. The zero-order chi connectivity index (χ0) is 17.5. The van der Waals surface area contributed by atoms with E-state index in [9.17, 15) is 4.79 Å². The van der Waals surface area contributed by atoms with Crippen LogP contribution in [-0.2, 0) is 4.79 Å². The zero-order valence-corrected chi connectivity index (χ0v) is 14.9. The molecule has 0 saturated heterocycles. The number of carbonyl (C=O) groups excluding carboxylic acids is 1. The third-order valence-electron chi connectivity index (χ3n) is 4.07. The largest absolute Gasteiger partial charge is 0.483 e. The fraction of sp³-hybridized carbons (Fsp3) is 0.350. The molecule has 24 heavy (non-hydrogen) atoms. The minimum atomic E-state index is -0.156. The Morgan fingerprint density at radius 3 is 2.38 bits per heavy atom. The van der Waals surface area contributed by atoms with Crippen LogP contribution in [0.3, 0.4) is 0 Å². The van der Waals surface area contributed by atoms with Crippen molar-refractivity contribution in [3.8, 4) is 5.75 Å². The SMILES string of the molecule is CCN(CC)c1ccc(NC(=O)COc2ccccc2C)c(C)c1. The number of carbonyl (C=O) groups is 1. The van der Waals surface area contributed by atoms with Gasteiger partial charge in [-0.05, 0) is 63.1 Å². The molecule has 0 aliphatic carbocycles. The fourth-order valence-corrected chi connectivity index (χ4v) is 2.62. The molecule has 0 spiro atoms. The van der Waals surface area contributed by atoms with Crippen LogP contribution in [0.15, 0.2) is 42.5 Å². The van der Waals surface area contributed by atoms with Crippen molar-refractivity contribution in [1.82, 2.24) is 0 Å². The summed E-state index contributed by atoms with van der Waals surface area (Å²) in [6.45, 7) is 10.2. The van der Waals surface area contributed by atoms with Gasteiger partial charge in [0.2, 0.25) is 0 Å². The maximum atomic E-state index is 12.1. The number of amides is 1. The second kappa shape index (κ2) is 8.39. The fourth-order valence-electron chi connectivity index (χ4n) is 2.62. The van der Waals surface area contributed by atoms with Crippen molar-refractivity contribution < 1.29 is 9.53 Å². The Kier molecular flexibility index (Phi) is 6.24. The van der Waals surface area contributed by atoms with Gasteiger partial charge in [0, 0.05) is 24.5 Å². The van der Waals surface area contributed by atoms with Crippen molar-refractivity contribution in [2.24, 2.45) is 0 Å². The van der Waals surface area contributed by atoms with Crippen LogP contribution in [-0.4, -0.2) is 25.6 Å². The third-order valence-corrected chi connectivity index (χ3v) is 4.07. The van der Waals surface area contributed by atoms with Gasteiger partial charge in [-0.25, -0.2) is 0 Å². The molecule has 4 nitrogen and oxygen atoms in total. The average molecular weight is 326 g/mol. The van der Waals surface area contributed by atoms with E-state index in [-0.39, 0.29) is 12.5 Å². The molecule has 0 heterocycles. The van der Waals surface area contributed by atoms with Gasteiger partial charge in [0.1, 0.15) is 5.75 Å². The van der Waals surface area contributed by atoms with E-state index in [2.05, 4.69) is 30.1 Å². The van der Waals surface area contributed by atoms with Crippen molar-refractivity contribution >= 4 is 17.3 Å². The third kappa shape index (κ3) is 4.51. The van der Waals surface area contributed by atoms with Gasteiger partial charge in [-0.2, -0.15) is 0 Å². The first-order chi connectivity index (χ1) is 11.5. The number of aryl methyl sites for hydroxylation is 2. The van der Waals surface area contributed by atoms with Gasteiger partial charge in [0.25, 0.3) is 5.91 Å². The molecule has 2 aromatic rings. The summed E-state index contributed by atoms with van der Waals surface area (Å²) in [4.78, 5) is 14.4. The van der Waals surface area contributed by atoms with Crippen LogP contribution in [0.25, 0.3) is 0 Å². The molecular weight excluding hydrogens is 300 g/mol. The highest BCUT2D eigenvalue weighted by Crippen LogP contribution is 2.23. The minimum Gasteiger partial charge on any atom is -0.483 e. The molecule has 0 bridgehead atoms. The summed E-state index contributed by atoms with van der Waals surface area (Å²) in [6, 6.07) is 13.8. The Morgan fingerprint density at radius 2 is 1.75 bits per heavy atom. The Hall–Kier alpha value is -2.49. The van der Waals surface area contributed by atoms with E-state index in [1.807, 2.05) is 50.2 Å². The number of anilines is 2. The van der Waals surface area contributed by atoms with Crippen LogP contribution in [0.5, 0.6) is 5.75 Å². The second-order valence-electron chi connectivity index (χ2n) is 5.77. The highest BCUT2D eigenvalue weighted by molar-refractivity contribution is 5.92. The van der Waals surface area contributed by atoms with Crippen molar-refractivity contribution in [2.75, 3.05) is 29.9 Å². The van der Waals surface area contributed by atoms with Crippen molar-refractivity contribution in [2.45, 2.75) is 27.7 Å². The van der Waals surface area contributed by atoms with E-state index in [0.717, 1.165) is 35.7 Å². The topological polar surface area (TPSA) is 41.6 Å². The van der Waals surface area contributed by atoms with Gasteiger partial charge in [0.15, 0.2) is 6.61 Å². The predicted octanol–water partition coefficient (Wildman–Crippen LogP) is 4.17. The van der Waals surface area contributed by atoms with Crippen LogP contribution in [0.1, 0.15) is 25.0 Å². The highest BCUT2D eigenvalue weighted by Gasteiger charge is 2.09. The van der Waals surface area contributed by atoms with Gasteiger partial charge in [0.05, 0.1) is 0 Å². The van der Waals surface area contributed by atoms with Crippen LogP contribution < -0.4 is 15.0 Å². The first-order valence-electron chi connectivity index (χ1n) is 8.39. The summed E-state index contributed by atoms with van der Waals surface area (Å²) >= 11 is 0. The van der Waals surface area contributed by atoms with Crippen LogP contribution in [0.4, 0.5) is 11.4 Å². The highest BCUT2D eigenvalue weighted by atomic mass is 16.5. The number of hydrogen-bond donors (Lipinski definition) is 1. The lowest BCUT2D eigenvalue weighted by atomic mass is 10.1. The average Bonchev–Trinajstić information content (AvgIpc) is 2.57. The van der Waals surface area contributed by atoms with Crippen molar-refractivity contribution in [1.29, 1.82) is 0 Å². The number of rotatable bonds is 7. The van der Waals surface area contributed by atoms with Crippen LogP contribution >= 0.6 is 0 Å². The molecule has 0 aliphatic rings. The predicted molar refractivity (Wildman–Crippen MR) is 100 cm³/mol. The van der Waals surface area contributed by atoms with Gasteiger partial charge in [-0.15, -0.1) is 0 Å². The van der Waals surface area contributed by atoms with Gasteiger partial charge < -0.3 is 15.0 Å². The number of nitrogens with one attached hydrogen (secondary N) is 1. The van der Waals surface area contributed by atoms with Crippen molar-refractivity contribution in [3.63, 3.8) is 0 Å². The van der Waals surface area contributed by atoms with Crippen molar-refractivity contribution in [3.05, 3.63) is 53.6 Å². The van der Waals surface area contributed by atoms with E-state index in [1.54, 1.807) is 0 Å². The quantitative estimate of drug-likeness (QED) is 0.830. The normalized spacial score (nSPS) is 10.3.